The first-order valence-corrected chi connectivity index (χ1v) is 8.94. The summed E-state index contributed by atoms with van der Waals surface area (Å²) in [6.45, 7) is 0. The van der Waals surface area contributed by atoms with Crippen molar-refractivity contribution in [1.82, 2.24) is 9.97 Å². The van der Waals surface area contributed by atoms with Gasteiger partial charge in [0, 0.05) is 22.8 Å². The molecule has 4 aromatic rings. The van der Waals surface area contributed by atoms with E-state index in [2.05, 4.69) is 15.3 Å². The predicted octanol–water partition coefficient (Wildman–Crippen LogP) is 4.40. The predicted molar refractivity (Wildman–Crippen MR) is 101 cm³/mol. The minimum atomic E-state index is -0.383. The minimum Gasteiger partial charge on any atom is -0.506 e. The molecule has 0 fully saturated rings. The Hall–Kier alpha value is -2.99. The van der Waals surface area contributed by atoms with Gasteiger partial charge in [0.05, 0.1) is 5.52 Å². The molecule has 124 valence electrons. The zero-order valence-corrected chi connectivity index (χ0v) is 14.2. The molecule has 0 spiro atoms. The number of rotatable bonds is 3. The van der Waals surface area contributed by atoms with Gasteiger partial charge in [-0.2, -0.15) is 0 Å². The van der Waals surface area contributed by atoms with E-state index < -0.39 is 0 Å². The van der Waals surface area contributed by atoms with E-state index in [4.69, 9.17) is 0 Å². The fourth-order valence-electron chi connectivity index (χ4n) is 2.84. The number of carbonyl (C=O) groups is 1. The van der Waals surface area contributed by atoms with Crippen molar-refractivity contribution < 1.29 is 9.90 Å². The Morgan fingerprint density at radius 1 is 1.20 bits per heavy atom. The number of benzene rings is 2. The molecule has 25 heavy (non-hydrogen) atoms. The summed E-state index contributed by atoms with van der Waals surface area (Å²) in [5.41, 5.74) is 2.44. The SMILES string of the molecule is CSc1nc2ccccc2c(O)c1C(=O)Nc1ccc2cc[nH]c2c1. The van der Waals surface area contributed by atoms with E-state index in [0.717, 1.165) is 10.9 Å². The van der Waals surface area contributed by atoms with Gasteiger partial charge in [0.2, 0.25) is 0 Å². The lowest BCUT2D eigenvalue weighted by molar-refractivity contribution is 0.102. The van der Waals surface area contributed by atoms with Gasteiger partial charge in [-0.1, -0.05) is 18.2 Å². The van der Waals surface area contributed by atoms with E-state index >= 15 is 0 Å². The van der Waals surface area contributed by atoms with Crippen LogP contribution in [0.2, 0.25) is 0 Å². The van der Waals surface area contributed by atoms with Crippen LogP contribution in [-0.4, -0.2) is 27.2 Å². The molecule has 0 unspecified atom stereocenters. The number of nitrogens with zero attached hydrogens (tertiary/aromatic N) is 1. The highest BCUT2D eigenvalue weighted by Gasteiger charge is 2.20. The molecule has 0 saturated carbocycles. The summed E-state index contributed by atoms with van der Waals surface area (Å²) in [4.78, 5) is 20.4. The van der Waals surface area contributed by atoms with Gasteiger partial charge in [-0.3, -0.25) is 4.79 Å². The lowest BCUT2D eigenvalue weighted by Crippen LogP contribution is -2.14. The number of para-hydroxylation sites is 1. The van der Waals surface area contributed by atoms with Crippen LogP contribution in [0.4, 0.5) is 5.69 Å². The lowest BCUT2D eigenvalue weighted by Gasteiger charge is -2.12. The number of anilines is 1. The number of thioether (sulfide) groups is 1. The second-order valence-electron chi connectivity index (χ2n) is 5.60. The van der Waals surface area contributed by atoms with Crippen LogP contribution in [0.3, 0.4) is 0 Å². The molecule has 6 heteroatoms. The molecule has 0 atom stereocenters. The first-order chi connectivity index (χ1) is 12.2. The van der Waals surface area contributed by atoms with Crippen LogP contribution >= 0.6 is 11.8 Å². The van der Waals surface area contributed by atoms with Gasteiger partial charge in [0.25, 0.3) is 5.91 Å². The van der Waals surface area contributed by atoms with Gasteiger partial charge < -0.3 is 15.4 Å². The zero-order chi connectivity index (χ0) is 17.4. The molecule has 2 aromatic heterocycles. The van der Waals surface area contributed by atoms with Gasteiger partial charge in [0.1, 0.15) is 16.3 Å². The van der Waals surface area contributed by atoms with Crippen molar-refractivity contribution >= 4 is 45.2 Å². The fourth-order valence-corrected chi connectivity index (χ4v) is 3.43. The van der Waals surface area contributed by atoms with E-state index in [1.54, 1.807) is 6.07 Å². The van der Waals surface area contributed by atoms with Crippen LogP contribution in [0, 0.1) is 0 Å². The number of pyridine rings is 1. The van der Waals surface area contributed by atoms with Crippen LogP contribution in [0.25, 0.3) is 21.8 Å². The number of aromatic nitrogens is 2. The molecule has 3 N–H and O–H groups in total. The number of amides is 1. The number of hydrogen-bond donors (Lipinski definition) is 3. The average molecular weight is 349 g/mol. The molecule has 0 saturated heterocycles. The smallest absolute Gasteiger partial charge is 0.262 e. The molecule has 1 amide bonds. The Kier molecular flexibility index (Phi) is 3.82. The van der Waals surface area contributed by atoms with E-state index in [-0.39, 0.29) is 17.2 Å². The van der Waals surface area contributed by atoms with Crippen LogP contribution in [-0.2, 0) is 0 Å². The second-order valence-corrected chi connectivity index (χ2v) is 6.39. The molecule has 5 nitrogen and oxygen atoms in total. The summed E-state index contributed by atoms with van der Waals surface area (Å²) in [6.07, 6.45) is 3.68. The molecule has 0 aliphatic rings. The Balaban J connectivity index is 1.77. The summed E-state index contributed by atoms with van der Waals surface area (Å²) in [7, 11) is 0. The number of nitrogens with one attached hydrogen (secondary N) is 2. The summed E-state index contributed by atoms with van der Waals surface area (Å²) >= 11 is 1.33. The zero-order valence-electron chi connectivity index (χ0n) is 13.4. The molecular formula is C19H15N3O2S. The average Bonchev–Trinajstić information content (AvgIpc) is 3.09. The summed E-state index contributed by atoms with van der Waals surface area (Å²) in [6, 6.07) is 14.8. The number of hydrogen-bond acceptors (Lipinski definition) is 4. The monoisotopic (exact) mass is 349 g/mol. The Bertz CT molecular complexity index is 1100. The van der Waals surface area contributed by atoms with E-state index in [9.17, 15) is 9.90 Å². The third-order valence-electron chi connectivity index (χ3n) is 4.07. The van der Waals surface area contributed by atoms with Crippen molar-refractivity contribution in [3.63, 3.8) is 0 Å². The molecule has 0 aliphatic carbocycles. The van der Waals surface area contributed by atoms with Crippen LogP contribution in [0.15, 0.2) is 59.8 Å². The summed E-state index contributed by atoms with van der Waals surface area (Å²) in [5, 5.41) is 15.6. The minimum absolute atomic E-state index is 0.0478. The maximum Gasteiger partial charge on any atom is 0.262 e. The lowest BCUT2D eigenvalue weighted by atomic mass is 10.1. The molecule has 2 aromatic carbocycles. The van der Waals surface area contributed by atoms with Crippen molar-refractivity contribution in [3.8, 4) is 5.75 Å². The maximum atomic E-state index is 12.8. The van der Waals surface area contributed by atoms with E-state index in [1.165, 1.54) is 11.8 Å². The molecule has 0 radical (unpaired) electrons. The van der Waals surface area contributed by atoms with Gasteiger partial charge in [-0.15, -0.1) is 11.8 Å². The molecule has 2 heterocycles. The number of carbonyl (C=O) groups excluding carboxylic acids is 1. The van der Waals surface area contributed by atoms with Crippen molar-refractivity contribution in [2.45, 2.75) is 5.03 Å². The van der Waals surface area contributed by atoms with Crippen molar-refractivity contribution in [1.29, 1.82) is 0 Å². The van der Waals surface area contributed by atoms with E-state index in [0.29, 0.717) is 21.6 Å². The number of fused-ring (bicyclic) bond motifs is 2. The third kappa shape index (κ3) is 2.70. The Morgan fingerprint density at radius 3 is 2.88 bits per heavy atom. The van der Waals surface area contributed by atoms with Gasteiger partial charge in [0.15, 0.2) is 0 Å². The highest BCUT2D eigenvalue weighted by atomic mass is 32.2. The van der Waals surface area contributed by atoms with Crippen LogP contribution < -0.4 is 5.32 Å². The van der Waals surface area contributed by atoms with Crippen molar-refractivity contribution in [3.05, 3.63) is 60.3 Å². The number of H-pyrrole nitrogens is 1. The quantitative estimate of drug-likeness (QED) is 0.479. The second kappa shape index (κ2) is 6.14. The van der Waals surface area contributed by atoms with E-state index in [1.807, 2.05) is 54.9 Å². The van der Waals surface area contributed by atoms with Gasteiger partial charge in [-0.05, 0) is 42.0 Å². The highest BCUT2D eigenvalue weighted by Crippen LogP contribution is 2.34. The Morgan fingerprint density at radius 2 is 2.04 bits per heavy atom. The summed E-state index contributed by atoms with van der Waals surface area (Å²) in [5.74, 6) is -0.431. The van der Waals surface area contributed by atoms with Crippen LogP contribution in [0.1, 0.15) is 10.4 Å². The first kappa shape index (κ1) is 15.5. The van der Waals surface area contributed by atoms with Crippen LogP contribution in [0.5, 0.6) is 5.75 Å². The normalized spacial score (nSPS) is 11.1. The number of aromatic amines is 1. The standard InChI is InChI=1S/C19H15N3O2S/c1-25-19-16(17(23)13-4-2-3-5-14(13)22-19)18(24)21-12-7-6-11-8-9-20-15(11)10-12/h2-10,20H,1H3,(H,21,24)(H,22,23). The highest BCUT2D eigenvalue weighted by molar-refractivity contribution is 7.98. The topological polar surface area (TPSA) is 78.0 Å². The summed E-state index contributed by atoms with van der Waals surface area (Å²) < 4.78 is 0. The van der Waals surface area contributed by atoms with Crippen molar-refractivity contribution in [2.75, 3.05) is 11.6 Å². The van der Waals surface area contributed by atoms with Gasteiger partial charge >= 0.3 is 0 Å². The molecule has 0 aliphatic heterocycles. The van der Waals surface area contributed by atoms with Gasteiger partial charge in [-0.25, -0.2) is 4.98 Å². The molecular weight excluding hydrogens is 334 g/mol. The number of aromatic hydroxyl groups is 1. The largest absolute Gasteiger partial charge is 0.506 e. The Labute approximate surface area is 148 Å². The third-order valence-corrected chi connectivity index (χ3v) is 4.75. The fraction of sp³-hybridized carbons (Fsp3) is 0.0526. The van der Waals surface area contributed by atoms with Crippen molar-refractivity contribution in [2.24, 2.45) is 0 Å². The first-order valence-electron chi connectivity index (χ1n) is 7.71. The molecule has 0 bridgehead atoms. The molecule has 4 rings (SSSR count). The maximum absolute atomic E-state index is 12.8.